The third-order valence-corrected chi connectivity index (χ3v) is 5.04. The summed E-state index contributed by atoms with van der Waals surface area (Å²) >= 11 is 1.26. The van der Waals surface area contributed by atoms with Crippen LogP contribution in [0.15, 0.2) is 52.9 Å². The van der Waals surface area contributed by atoms with Crippen molar-refractivity contribution in [3.05, 3.63) is 64.9 Å². The summed E-state index contributed by atoms with van der Waals surface area (Å²) in [5.74, 6) is 0.811. The SMILES string of the molecule is COc1ccc(-c2nnc(Cc3ccc4cc(C(=O)O)sc4c3)o2)cc1. The lowest BCUT2D eigenvalue weighted by atomic mass is 10.1. The molecule has 1 N–H and O–H groups in total. The summed E-state index contributed by atoms with van der Waals surface area (Å²) in [7, 11) is 1.61. The van der Waals surface area contributed by atoms with Crippen LogP contribution < -0.4 is 4.74 Å². The Kier molecular flexibility index (Phi) is 4.14. The Morgan fingerprint density at radius 1 is 1.15 bits per heavy atom. The summed E-state index contributed by atoms with van der Waals surface area (Å²) in [6.07, 6.45) is 0.486. The molecular weight excluding hydrogens is 352 g/mol. The van der Waals surface area contributed by atoms with Crippen molar-refractivity contribution >= 4 is 27.4 Å². The summed E-state index contributed by atoms with van der Waals surface area (Å²) in [6, 6.07) is 14.9. The summed E-state index contributed by atoms with van der Waals surface area (Å²) in [5.41, 5.74) is 1.81. The molecule has 0 radical (unpaired) electrons. The highest BCUT2D eigenvalue weighted by Gasteiger charge is 2.12. The molecule has 0 bridgehead atoms. The molecule has 2 aromatic heterocycles. The molecule has 0 aliphatic rings. The highest BCUT2D eigenvalue weighted by atomic mass is 32.1. The smallest absolute Gasteiger partial charge is 0.345 e. The standard InChI is InChI=1S/C19H14N2O4S/c1-24-14-6-4-12(5-7-14)18-21-20-17(25-18)9-11-2-3-13-10-16(19(22)23)26-15(13)8-11/h2-8,10H,9H2,1H3,(H,22,23). The van der Waals surface area contributed by atoms with Crippen LogP contribution in [0.25, 0.3) is 21.5 Å². The number of thiophene rings is 1. The number of rotatable bonds is 5. The van der Waals surface area contributed by atoms with E-state index in [0.29, 0.717) is 23.1 Å². The molecule has 0 atom stereocenters. The average Bonchev–Trinajstić information content (AvgIpc) is 3.28. The maximum atomic E-state index is 11.1. The number of benzene rings is 2. The van der Waals surface area contributed by atoms with E-state index in [1.807, 2.05) is 42.5 Å². The molecule has 4 aromatic rings. The largest absolute Gasteiger partial charge is 0.497 e. The number of aromatic nitrogens is 2. The molecule has 0 amide bonds. The van der Waals surface area contributed by atoms with E-state index in [0.717, 1.165) is 27.0 Å². The van der Waals surface area contributed by atoms with Crippen LogP contribution in [0.4, 0.5) is 0 Å². The van der Waals surface area contributed by atoms with Gasteiger partial charge in [-0.05, 0) is 47.3 Å². The van der Waals surface area contributed by atoms with Crippen LogP contribution in [0.5, 0.6) is 5.75 Å². The number of nitrogens with zero attached hydrogens (tertiary/aromatic N) is 2. The molecule has 2 heterocycles. The molecule has 0 saturated carbocycles. The minimum Gasteiger partial charge on any atom is -0.497 e. The zero-order valence-electron chi connectivity index (χ0n) is 13.8. The number of hydrogen-bond acceptors (Lipinski definition) is 6. The molecule has 0 saturated heterocycles. The molecule has 2 aromatic carbocycles. The Morgan fingerprint density at radius 2 is 1.96 bits per heavy atom. The molecule has 4 rings (SSSR count). The van der Waals surface area contributed by atoms with Crippen LogP contribution in [0.1, 0.15) is 21.1 Å². The predicted octanol–water partition coefficient (Wildman–Crippen LogP) is 4.25. The topological polar surface area (TPSA) is 85.5 Å². The summed E-state index contributed by atoms with van der Waals surface area (Å²) in [4.78, 5) is 11.4. The van der Waals surface area contributed by atoms with E-state index in [9.17, 15) is 4.79 Å². The van der Waals surface area contributed by atoms with Gasteiger partial charge in [0, 0.05) is 10.3 Å². The molecule has 0 aliphatic carbocycles. The predicted molar refractivity (Wildman–Crippen MR) is 97.9 cm³/mol. The van der Waals surface area contributed by atoms with Crippen molar-refractivity contribution < 1.29 is 19.1 Å². The van der Waals surface area contributed by atoms with Gasteiger partial charge in [-0.25, -0.2) is 4.79 Å². The molecular formula is C19H14N2O4S. The van der Waals surface area contributed by atoms with Crippen molar-refractivity contribution in [1.29, 1.82) is 0 Å². The van der Waals surface area contributed by atoms with Gasteiger partial charge in [-0.3, -0.25) is 0 Å². The normalized spacial score (nSPS) is 11.0. The van der Waals surface area contributed by atoms with E-state index in [-0.39, 0.29) is 0 Å². The molecule has 26 heavy (non-hydrogen) atoms. The summed E-state index contributed by atoms with van der Waals surface area (Å²) in [5, 5.41) is 18.2. The van der Waals surface area contributed by atoms with Crippen molar-refractivity contribution in [2.45, 2.75) is 6.42 Å². The second-order valence-corrected chi connectivity index (χ2v) is 6.78. The number of carbonyl (C=O) groups is 1. The van der Waals surface area contributed by atoms with E-state index in [1.165, 1.54) is 11.3 Å². The number of carboxylic acids is 1. The summed E-state index contributed by atoms with van der Waals surface area (Å²) in [6.45, 7) is 0. The van der Waals surface area contributed by atoms with Crippen LogP contribution in [0, 0.1) is 0 Å². The van der Waals surface area contributed by atoms with E-state index in [2.05, 4.69) is 10.2 Å². The second-order valence-electron chi connectivity index (χ2n) is 5.69. The maximum Gasteiger partial charge on any atom is 0.345 e. The molecule has 7 heteroatoms. The number of carboxylic acid groups (broad SMARTS) is 1. The van der Waals surface area contributed by atoms with Gasteiger partial charge in [0.2, 0.25) is 11.8 Å². The van der Waals surface area contributed by atoms with Gasteiger partial charge < -0.3 is 14.3 Å². The zero-order valence-corrected chi connectivity index (χ0v) is 14.6. The van der Waals surface area contributed by atoms with Gasteiger partial charge >= 0.3 is 5.97 Å². The van der Waals surface area contributed by atoms with Crippen molar-refractivity contribution in [1.82, 2.24) is 10.2 Å². The van der Waals surface area contributed by atoms with Crippen molar-refractivity contribution in [3.63, 3.8) is 0 Å². The Labute approximate surface area is 152 Å². The number of aromatic carboxylic acids is 1. The van der Waals surface area contributed by atoms with Crippen LogP contribution in [0.2, 0.25) is 0 Å². The highest BCUT2D eigenvalue weighted by molar-refractivity contribution is 7.20. The molecule has 6 nitrogen and oxygen atoms in total. The lowest BCUT2D eigenvalue weighted by molar-refractivity contribution is 0.0702. The first-order valence-corrected chi connectivity index (χ1v) is 8.66. The number of ether oxygens (including phenoxy) is 1. The third-order valence-electron chi connectivity index (χ3n) is 3.95. The Balaban J connectivity index is 1.56. The molecule has 0 spiro atoms. The van der Waals surface area contributed by atoms with Gasteiger partial charge in [-0.2, -0.15) is 0 Å². The van der Waals surface area contributed by atoms with Crippen molar-refractivity contribution in [2.75, 3.05) is 7.11 Å². The Morgan fingerprint density at radius 3 is 2.69 bits per heavy atom. The van der Waals surface area contributed by atoms with Crippen LogP contribution >= 0.6 is 11.3 Å². The van der Waals surface area contributed by atoms with Gasteiger partial charge in [0.1, 0.15) is 10.6 Å². The van der Waals surface area contributed by atoms with E-state index in [4.69, 9.17) is 14.3 Å². The highest BCUT2D eigenvalue weighted by Crippen LogP contribution is 2.28. The lowest BCUT2D eigenvalue weighted by Crippen LogP contribution is -1.89. The monoisotopic (exact) mass is 366 g/mol. The second kappa shape index (κ2) is 6.61. The van der Waals surface area contributed by atoms with Gasteiger partial charge in [0.05, 0.1) is 13.5 Å². The van der Waals surface area contributed by atoms with Crippen LogP contribution in [-0.4, -0.2) is 28.4 Å². The van der Waals surface area contributed by atoms with Gasteiger partial charge in [0.15, 0.2) is 0 Å². The first kappa shape index (κ1) is 16.3. The number of fused-ring (bicyclic) bond motifs is 1. The fraction of sp³-hybridized carbons (Fsp3) is 0.105. The maximum absolute atomic E-state index is 11.1. The van der Waals surface area contributed by atoms with Crippen molar-refractivity contribution in [2.24, 2.45) is 0 Å². The minimum atomic E-state index is -0.909. The lowest BCUT2D eigenvalue weighted by Gasteiger charge is -1.99. The fourth-order valence-electron chi connectivity index (χ4n) is 2.64. The first-order valence-electron chi connectivity index (χ1n) is 7.85. The molecule has 0 fully saturated rings. The first-order chi connectivity index (χ1) is 12.6. The van der Waals surface area contributed by atoms with E-state index in [1.54, 1.807) is 13.2 Å². The van der Waals surface area contributed by atoms with Gasteiger partial charge in [0.25, 0.3) is 0 Å². The number of hydrogen-bond donors (Lipinski definition) is 1. The molecule has 0 unspecified atom stereocenters. The quantitative estimate of drug-likeness (QED) is 0.568. The van der Waals surface area contributed by atoms with Crippen LogP contribution in [-0.2, 0) is 6.42 Å². The summed E-state index contributed by atoms with van der Waals surface area (Å²) < 4.78 is 11.8. The Hall–Kier alpha value is -3.19. The van der Waals surface area contributed by atoms with Crippen LogP contribution in [0.3, 0.4) is 0 Å². The fourth-order valence-corrected chi connectivity index (χ4v) is 3.61. The molecule has 130 valence electrons. The van der Waals surface area contributed by atoms with E-state index < -0.39 is 5.97 Å². The third kappa shape index (κ3) is 3.16. The zero-order chi connectivity index (χ0) is 18.1. The van der Waals surface area contributed by atoms with E-state index >= 15 is 0 Å². The number of methoxy groups -OCH3 is 1. The average molecular weight is 366 g/mol. The Bertz CT molecular complexity index is 1080. The minimum absolute atomic E-state index is 0.330. The van der Waals surface area contributed by atoms with Gasteiger partial charge in [-0.15, -0.1) is 21.5 Å². The van der Waals surface area contributed by atoms with Gasteiger partial charge in [-0.1, -0.05) is 12.1 Å². The molecule has 0 aliphatic heterocycles. The van der Waals surface area contributed by atoms with Crippen molar-refractivity contribution in [3.8, 4) is 17.2 Å².